The molecule has 1 aliphatic rings. The Kier molecular flexibility index (Phi) is 5.85. The molecule has 0 aliphatic carbocycles. The molecule has 0 spiro atoms. The van der Waals surface area contributed by atoms with Crippen molar-refractivity contribution < 1.29 is 9.59 Å². The molecule has 1 aromatic carbocycles. The number of carbonyl (C=O) groups is 2. The average Bonchev–Trinajstić information content (AvgIpc) is 2.53. The molecular weight excluding hydrogens is 300 g/mol. The highest BCUT2D eigenvalue weighted by Gasteiger charge is 2.25. The van der Waals surface area contributed by atoms with Crippen LogP contribution >= 0.6 is 11.6 Å². The fourth-order valence-corrected chi connectivity index (χ4v) is 2.62. The van der Waals surface area contributed by atoms with Crippen molar-refractivity contribution >= 4 is 23.4 Å². The lowest BCUT2D eigenvalue weighted by Gasteiger charge is -2.30. The molecule has 1 aromatic rings. The van der Waals surface area contributed by atoms with Crippen molar-refractivity contribution in [1.29, 1.82) is 0 Å². The van der Waals surface area contributed by atoms with Crippen molar-refractivity contribution in [2.45, 2.75) is 19.8 Å². The van der Waals surface area contributed by atoms with Crippen LogP contribution in [0.5, 0.6) is 0 Å². The molecule has 22 heavy (non-hydrogen) atoms. The summed E-state index contributed by atoms with van der Waals surface area (Å²) < 4.78 is 0. The van der Waals surface area contributed by atoms with Crippen LogP contribution in [0, 0.1) is 17.8 Å². The zero-order valence-corrected chi connectivity index (χ0v) is 13.3. The highest BCUT2D eigenvalue weighted by molar-refractivity contribution is 6.31. The molecule has 0 bridgehead atoms. The summed E-state index contributed by atoms with van der Waals surface area (Å²) in [4.78, 5) is 25.1. The minimum absolute atomic E-state index is 0.0108. The van der Waals surface area contributed by atoms with Gasteiger partial charge in [0, 0.05) is 31.5 Å². The van der Waals surface area contributed by atoms with Crippen LogP contribution in [0.15, 0.2) is 24.3 Å². The monoisotopic (exact) mass is 318 g/mol. The normalized spacial score (nSPS) is 14.9. The van der Waals surface area contributed by atoms with Crippen LogP contribution < -0.4 is 5.32 Å². The van der Waals surface area contributed by atoms with E-state index in [2.05, 4.69) is 17.2 Å². The van der Waals surface area contributed by atoms with E-state index in [1.807, 2.05) is 18.2 Å². The second-order valence-corrected chi connectivity index (χ2v) is 5.69. The molecule has 116 valence electrons. The number of hydrogen-bond acceptors (Lipinski definition) is 2. The van der Waals surface area contributed by atoms with Gasteiger partial charge < -0.3 is 10.2 Å². The fraction of sp³-hybridized carbons (Fsp3) is 0.412. The zero-order valence-electron chi connectivity index (χ0n) is 12.6. The second kappa shape index (κ2) is 7.86. The molecule has 1 aliphatic heterocycles. The largest absolute Gasteiger partial charge is 0.345 e. The molecule has 0 unspecified atom stereocenters. The summed E-state index contributed by atoms with van der Waals surface area (Å²) >= 11 is 6.00. The van der Waals surface area contributed by atoms with Crippen molar-refractivity contribution in [3.63, 3.8) is 0 Å². The van der Waals surface area contributed by atoms with Crippen LogP contribution in [0.4, 0.5) is 0 Å². The molecule has 5 heteroatoms. The third-order valence-electron chi connectivity index (χ3n) is 3.76. The Morgan fingerprint density at radius 1 is 1.32 bits per heavy atom. The highest BCUT2D eigenvalue weighted by atomic mass is 35.5. The minimum Gasteiger partial charge on any atom is -0.345 e. The predicted molar refractivity (Wildman–Crippen MR) is 86.3 cm³/mol. The van der Waals surface area contributed by atoms with Gasteiger partial charge in [-0.25, -0.2) is 0 Å². The maximum Gasteiger partial charge on any atom is 0.223 e. The first-order valence-corrected chi connectivity index (χ1v) is 7.72. The van der Waals surface area contributed by atoms with E-state index >= 15 is 0 Å². The quantitative estimate of drug-likeness (QED) is 0.849. The van der Waals surface area contributed by atoms with Gasteiger partial charge >= 0.3 is 0 Å². The molecule has 4 nitrogen and oxygen atoms in total. The summed E-state index contributed by atoms with van der Waals surface area (Å²) in [5, 5.41) is 3.44. The number of benzene rings is 1. The maximum absolute atomic E-state index is 12.0. The van der Waals surface area contributed by atoms with E-state index < -0.39 is 0 Å². The molecule has 1 heterocycles. The number of nitrogens with one attached hydrogen (secondary N) is 1. The molecule has 0 saturated carbocycles. The Balaban J connectivity index is 1.78. The molecule has 1 fully saturated rings. The first-order valence-electron chi connectivity index (χ1n) is 7.34. The van der Waals surface area contributed by atoms with Gasteiger partial charge in [-0.2, -0.15) is 0 Å². The smallest absolute Gasteiger partial charge is 0.223 e. The summed E-state index contributed by atoms with van der Waals surface area (Å²) in [7, 11) is 0. The number of nitrogens with zero attached hydrogens (tertiary/aromatic N) is 1. The maximum atomic E-state index is 12.0. The Morgan fingerprint density at radius 2 is 2.00 bits per heavy atom. The van der Waals surface area contributed by atoms with Crippen LogP contribution in [-0.4, -0.2) is 36.3 Å². The van der Waals surface area contributed by atoms with E-state index in [0.717, 1.165) is 5.56 Å². The summed E-state index contributed by atoms with van der Waals surface area (Å²) in [5.74, 6) is 5.91. The van der Waals surface area contributed by atoms with Crippen LogP contribution in [0.25, 0.3) is 0 Å². The minimum atomic E-state index is -0.0299. The van der Waals surface area contributed by atoms with Gasteiger partial charge in [0.15, 0.2) is 0 Å². The van der Waals surface area contributed by atoms with Crippen molar-refractivity contribution in [2.24, 2.45) is 5.92 Å². The van der Waals surface area contributed by atoms with Gasteiger partial charge in [0.05, 0.1) is 11.6 Å². The second-order valence-electron chi connectivity index (χ2n) is 5.28. The average molecular weight is 319 g/mol. The number of piperidine rings is 1. The van der Waals surface area contributed by atoms with E-state index in [4.69, 9.17) is 11.6 Å². The van der Waals surface area contributed by atoms with Crippen molar-refractivity contribution in [1.82, 2.24) is 10.2 Å². The SMILES string of the molecule is CC(=O)N1CCC(C(=O)NCC#Cc2ccccc2Cl)CC1. The predicted octanol–water partition coefficient (Wildman–Crippen LogP) is 2.07. The Hall–Kier alpha value is -1.99. The Labute approximate surface area is 135 Å². The van der Waals surface area contributed by atoms with E-state index in [-0.39, 0.29) is 17.7 Å². The van der Waals surface area contributed by atoms with Gasteiger partial charge in [-0.3, -0.25) is 9.59 Å². The Bertz CT molecular complexity index is 611. The summed E-state index contributed by atoms with van der Waals surface area (Å²) in [6.07, 6.45) is 1.42. The molecule has 0 radical (unpaired) electrons. The van der Waals surface area contributed by atoms with E-state index in [1.165, 1.54) is 0 Å². The van der Waals surface area contributed by atoms with Gasteiger partial charge in [0.2, 0.25) is 11.8 Å². The number of rotatable bonds is 2. The van der Waals surface area contributed by atoms with Crippen LogP contribution in [0.1, 0.15) is 25.3 Å². The molecular formula is C17H19ClN2O2. The lowest BCUT2D eigenvalue weighted by atomic mass is 9.96. The molecule has 2 amide bonds. The van der Waals surface area contributed by atoms with Crippen LogP contribution in [0.2, 0.25) is 5.02 Å². The van der Waals surface area contributed by atoms with Gasteiger partial charge in [-0.15, -0.1) is 0 Å². The zero-order chi connectivity index (χ0) is 15.9. The number of likely N-dealkylation sites (tertiary alicyclic amines) is 1. The summed E-state index contributed by atoms with van der Waals surface area (Å²) in [6.45, 7) is 3.17. The first kappa shape index (κ1) is 16.4. The third kappa shape index (κ3) is 4.51. The van der Waals surface area contributed by atoms with Gasteiger partial charge in [0.1, 0.15) is 0 Å². The Morgan fingerprint density at radius 3 is 2.64 bits per heavy atom. The third-order valence-corrected chi connectivity index (χ3v) is 4.09. The highest BCUT2D eigenvalue weighted by Crippen LogP contribution is 2.17. The van der Waals surface area contributed by atoms with Crippen molar-refractivity contribution in [3.8, 4) is 11.8 Å². The van der Waals surface area contributed by atoms with Crippen LogP contribution in [0.3, 0.4) is 0 Å². The lowest BCUT2D eigenvalue weighted by Crippen LogP contribution is -2.42. The number of hydrogen-bond donors (Lipinski definition) is 1. The van der Waals surface area contributed by atoms with Gasteiger partial charge in [0.25, 0.3) is 0 Å². The van der Waals surface area contributed by atoms with E-state index in [0.29, 0.717) is 37.5 Å². The number of carbonyl (C=O) groups excluding carboxylic acids is 2. The molecule has 1 saturated heterocycles. The van der Waals surface area contributed by atoms with E-state index in [9.17, 15) is 9.59 Å². The summed E-state index contributed by atoms with van der Waals surface area (Å²) in [6, 6.07) is 7.35. The standard InChI is InChI=1S/C17H19ClN2O2/c1-13(21)20-11-8-15(9-12-20)17(22)19-10-4-6-14-5-2-3-7-16(14)18/h2-3,5,7,15H,8-12H2,1H3,(H,19,22). The summed E-state index contributed by atoms with van der Waals surface area (Å²) in [5.41, 5.74) is 0.758. The van der Waals surface area contributed by atoms with Crippen molar-refractivity contribution in [2.75, 3.05) is 19.6 Å². The van der Waals surface area contributed by atoms with Gasteiger partial charge in [-0.05, 0) is 25.0 Å². The topological polar surface area (TPSA) is 49.4 Å². The molecule has 2 rings (SSSR count). The number of halogens is 1. The molecule has 1 N–H and O–H groups in total. The lowest BCUT2D eigenvalue weighted by molar-refractivity contribution is -0.133. The fourth-order valence-electron chi connectivity index (χ4n) is 2.43. The molecule has 0 aromatic heterocycles. The van der Waals surface area contributed by atoms with Crippen molar-refractivity contribution in [3.05, 3.63) is 34.9 Å². The first-order chi connectivity index (χ1) is 10.6. The van der Waals surface area contributed by atoms with Crippen LogP contribution in [-0.2, 0) is 9.59 Å². The van der Waals surface area contributed by atoms with E-state index in [1.54, 1.807) is 17.9 Å². The molecule has 0 atom stereocenters. The number of amides is 2. The van der Waals surface area contributed by atoms with Gasteiger partial charge in [-0.1, -0.05) is 35.6 Å².